The number of carbonyl (C=O) groups excluding carboxylic acids is 3. The molecule has 0 fully saturated rings. The van der Waals surface area contributed by atoms with E-state index in [0.29, 0.717) is 22.2 Å². The van der Waals surface area contributed by atoms with Crippen molar-refractivity contribution in [3.63, 3.8) is 0 Å². The number of ether oxygens (including phenoxy) is 1. The van der Waals surface area contributed by atoms with Crippen molar-refractivity contribution in [2.45, 2.75) is 31.3 Å². The monoisotopic (exact) mass is 459 g/mol. The summed E-state index contributed by atoms with van der Waals surface area (Å²) in [5.74, 6) is -1.24. The Morgan fingerprint density at radius 2 is 1.88 bits per heavy atom. The zero-order valence-electron chi connectivity index (χ0n) is 18.1. The molecule has 0 radical (unpaired) electrons. The predicted octanol–water partition coefficient (Wildman–Crippen LogP) is 1.39. The number of benzene rings is 2. The van der Waals surface area contributed by atoms with Crippen molar-refractivity contribution in [2.75, 3.05) is 20.2 Å². The fourth-order valence-electron chi connectivity index (χ4n) is 3.47. The van der Waals surface area contributed by atoms with Gasteiger partial charge in [-0.25, -0.2) is 12.7 Å². The zero-order valence-corrected chi connectivity index (χ0v) is 18.9. The summed E-state index contributed by atoms with van der Waals surface area (Å²) >= 11 is 0. The van der Waals surface area contributed by atoms with Gasteiger partial charge in [0.1, 0.15) is 23.2 Å². The van der Waals surface area contributed by atoms with Crippen molar-refractivity contribution < 1.29 is 27.5 Å². The van der Waals surface area contributed by atoms with Crippen LogP contribution in [0.4, 0.5) is 0 Å². The topological polar surface area (TPSA) is 113 Å². The van der Waals surface area contributed by atoms with Crippen molar-refractivity contribution in [1.82, 2.24) is 14.5 Å². The molecule has 1 atom stereocenters. The molecule has 0 saturated heterocycles. The van der Waals surface area contributed by atoms with Crippen LogP contribution in [0.3, 0.4) is 0 Å². The first-order chi connectivity index (χ1) is 15.2. The van der Waals surface area contributed by atoms with Gasteiger partial charge in [0.15, 0.2) is 0 Å². The van der Waals surface area contributed by atoms with Crippen LogP contribution in [-0.4, -0.2) is 61.6 Å². The molecule has 0 spiro atoms. The molecule has 1 unspecified atom stereocenters. The number of carbonyl (C=O) groups is 3. The van der Waals surface area contributed by atoms with Crippen LogP contribution >= 0.6 is 0 Å². The van der Waals surface area contributed by atoms with Crippen LogP contribution in [0.15, 0.2) is 53.4 Å². The number of rotatable bonds is 8. The summed E-state index contributed by atoms with van der Waals surface area (Å²) in [5, 5.41) is 2.67. The van der Waals surface area contributed by atoms with E-state index in [1.807, 2.05) is 0 Å². The molecule has 0 saturated carbocycles. The largest absolute Gasteiger partial charge is 0.497 e. The van der Waals surface area contributed by atoms with Gasteiger partial charge in [-0.1, -0.05) is 24.3 Å². The molecule has 32 heavy (non-hydrogen) atoms. The third-order valence-electron chi connectivity index (χ3n) is 5.20. The molecule has 1 N–H and O–H groups in total. The summed E-state index contributed by atoms with van der Waals surface area (Å²) < 4.78 is 31.5. The number of fused-ring (bicyclic) bond motifs is 1. The van der Waals surface area contributed by atoms with Gasteiger partial charge in [-0.3, -0.25) is 14.4 Å². The van der Waals surface area contributed by atoms with E-state index in [1.165, 1.54) is 30.2 Å². The molecule has 0 bridgehead atoms. The van der Waals surface area contributed by atoms with Crippen molar-refractivity contribution in [2.24, 2.45) is 0 Å². The van der Waals surface area contributed by atoms with Crippen molar-refractivity contribution in [1.29, 1.82) is 0 Å². The molecule has 9 nitrogen and oxygen atoms in total. The highest BCUT2D eigenvalue weighted by Gasteiger charge is 2.43. The molecular weight excluding hydrogens is 434 g/mol. The summed E-state index contributed by atoms with van der Waals surface area (Å²) in [6.07, 6.45) is 0. The third kappa shape index (κ3) is 4.45. The van der Waals surface area contributed by atoms with Crippen LogP contribution < -0.4 is 10.1 Å². The maximum Gasteiger partial charge on any atom is 0.269 e. The summed E-state index contributed by atoms with van der Waals surface area (Å²) in [7, 11) is -2.63. The lowest BCUT2D eigenvalue weighted by Gasteiger charge is -2.30. The van der Waals surface area contributed by atoms with E-state index in [-0.39, 0.29) is 22.9 Å². The maximum atomic E-state index is 13.2. The van der Waals surface area contributed by atoms with Crippen LogP contribution in [0.1, 0.15) is 29.8 Å². The Kier molecular flexibility index (Phi) is 6.83. The van der Waals surface area contributed by atoms with E-state index in [2.05, 4.69) is 5.32 Å². The minimum absolute atomic E-state index is 0.0245. The van der Waals surface area contributed by atoms with E-state index in [4.69, 9.17) is 4.74 Å². The average molecular weight is 460 g/mol. The summed E-state index contributed by atoms with van der Waals surface area (Å²) in [6, 6.07) is 11.9. The fourth-order valence-corrected chi connectivity index (χ4v) is 4.99. The number of hydrogen-bond donors (Lipinski definition) is 1. The standard InChI is InChI=1S/C22H25N3O6S/c1-4-23-21(27)15(2)24(13-16-8-7-9-17(12-16)31-3)20(26)14-25-22(28)18-10-5-6-11-19(18)32(25,29)30/h5-12,15H,4,13-14H2,1-3H3,(H,23,27). The minimum atomic E-state index is -4.15. The van der Waals surface area contributed by atoms with Gasteiger partial charge in [0.05, 0.1) is 12.7 Å². The number of amides is 3. The second kappa shape index (κ2) is 9.39. The first-order valence-electron chi connectivity index (χ1n) is 10.1. The van der Waals surface area contributed by atoms with Gasteiger partial charge < -0.3 is 15.0 Å². The van der Waals surface area contributed by atoms with E-state index < -0.39 is 34.4 Å². The van der Waals surface area contributed by atoms with Gasteiger partial charge in [0.25, 0.3) is 15.9 Å². The van der Waals surface area contributed by atoms with Crippen LogP contribution in [0.2, 0.25) is 0 Å². The molecule has 10 heteroatoms. The Morgan fingerprint density at radius 3 is 2.53 bits per heavy atom. The Bertz CT molecular complexity index is 1150. The van der Waals surface area contributed by atoms with Gasteiger partial charge in [-0.05, 0) is 43.7 Å². The normalized spacial score (nSPS) is 15.1. The molecule has 170 valence electrons. The summed E-state index contributed by atoms with van der Waals surface area (Å²) in [4.78, 5) is 39.6. The Hall–Kier alpha value is -3.40. The SMILES string of the molecule is CCNC(=O)C(C)N(Cc1cccc(OC)c1)C(=O)CN1C(=O)c2ccccc2S1(=O)=O. The second-order valence-corrected chi connectivity index (χ2v) is 9.09. The molecule has 1 aliphatic rings. The lowest BCUT2D eigenvalue weighted by atomic mass is 10.1. The van der Waals surface area contributed by atoms with Crippen molar-refractivity contribution in [3.05, 3.63) is 59.7 Å². The molecule has 1 aliphatic heterocycles. The lowest BCUT2D eigenvalue weighted by molar-refractivity contribution is -0.140. The Labute approximate surface area is 187 Å². The van der Waals surface area contributed by atoms with E-state index in [1.54, 1.807) is 44.2 Å². The highest BCUT2D eigenvalue weighted by atomic mass is 32.2. The van der Waals surface area contributed by atoms with Crippen molar-refractivity contribution in [3.8, 4) is 5.75 Å². The maximum absolute atomic E-state index is 13.2. The van der Waals surface area contributed by atoms with Crippen LogP contribution in [0.5, 0.6) is 5.75 Å². The van der Waals surface area contributed by atoms with Crippen LogP contribution in [0, 0.1) is 0 Å². The van der Waals surface area contributed by atoms with Gasteiger partial charge in [-0.15, -0.1) is 0 Å². The summed E-state index contributed by atoms with van der Waals surface area (Å²) in [6.45, 7) is 3.01. The first-order valence-corrected chi connectivity index (χ1v) is 11.5. The number of nitrogens with zero attached hydrogens (tertiary/aromatic N) is 2. The number of hydrogen-bond acceptors (Lipinski definition) is 6. The highest BCUT2D eigenvalue weighted by molar-refractivity contribution is 7.90. The first kappa shape index (κ1) is 23.3. The lowest BCUT2D eigenvalue weighted by Crippen LogP contribution is -2.51. The Balaban J connectivity index is 1.90. The molecule has 0 aromatic heterocycles. The van der Waals surface area contributed by atoms with Crippen LogP contribution in [-0.2, 0) is 26.2 Å². The molecular formula is C22H25N3O6S. The van der Waals surface area contributed by atoms with Crippen LogP contribution in [0.25, 0.3) is 0 Å². The molecule has 1 heterocycles. The predicted molar refractivity (Wildman–Crippen MR) is 116 cm³/mol. The molecule has 3 amide bonds. The van der Waals surface area contributed by atoms with Gasteiger partial charge in [-0.2, -0.15) is 0 Å². The Morgan fingerprint density at radius 1 is 1.16 bits per heavy atom. The van der Waals surface area contributed by atoms with Crippen molar-refractivity contribution >= 4 is 27.7 Å². The smallest absolute Gasteiger partial charge is 0.269 e. The number of sulfonamides is 1. The number of nitrogens with one attached hydrogen (secondary N) is 1. The van der Waals surface area contributed by atoms with Gasteiger partial charge >= 0.3 is 0 Å². The van der Waals surface area contributed by atoms with E-state index in [0.717, 1.165) is 0 Å². The highest BCUT2D eigenvalue weighted by Crippen LogP contribution is 2.30. The molecule has 0 aliphatic carbocycles. The average Bonchev–Trinajstić information content (AvgIpc) is 2.98. The summed E-state index contributed by atoms with van der Waals surface area (Å²) in [5.41, 5.74) is 0.712. The number of likely N-dealkylation sites (N-methyl/N-ethyl adjacent to an activating group) is 1. The van der Waals surface area contributed by atoms with Gasteiger partial charge in [0, 0.05) is 13.1 Å². The molecule has 2 aromatic rings. The second-order valence-electron chi connectivity index (χ2n) is 7.26. The minimum Gasteiger partial charge on any atom is -0.497 e. The van der Waals surface area contributed by atoms with E-state index in [9.17, 15) is 22.8 Å². The quantitative estimate of drug-likeness (QED) is 0.638. The number of methoxy groups -OCH3 is 1. The molecule has 3 rings (SSSR count). The van der Waals surface area contributed by atoms with E-state index >= 15 is 0 Å². The zero-order chi connectivity index (χ0) is 23.5. The molecule has 2 aromatic carbocycles. The van der Waals surface area contributed by atoms with Gasteiger partial charge in [0.2, 0.25) is 11.8 Å². The third-order valence-corrected chi connectivity index (χ3v) is 6.98. The fraction of sp³-hybridized carbons (Fsp3) is 0.318.